The van der Waals surface area contributed by atoms with Gasteiger partial charge in [0.05, 0.1) is 4.90 Å². The summed E-state index contributed by atoms with van der Waals surface area (Å²) in [5.74, 6) is -0.439. The maximum atomic E-state index is 13.1. The third-order valence-electron chi connectivity index (χ3n) is 7.40. The first-order chi connectivity index (χ1) is 16.7. The normalized spacial score (nSPS) is 20.2. The van der Waals surface area contributed by atoms with Crippen LogP contribution in [0.5, 0.6) is 0 Å². The lowest BCUT2D eigenvalue weighted by Crippen LogP contribution is -2.25. The number of Topliss-reactive ketones (excluding diaryl/α,β-unsaturated/α-hetero) is 1. The van der Waals surface area contributed by atoms with E-state index < -0.39 is 15.6 Å². The Bertz CT molecular complexity index is 1740. The molecule has 35 heavy (non-hydrogen) atoms. The molecule has 4 aromatic rings. The zero-order valence-corrected chi connectivity index (χ0v) is 20.7. The second-order valence-corrected chi connectivity index (χ2v) is 11.5. The molecule has 4 nitrogen and oxygen atoms in total. The number of sulfone groups is 1. The van der Waals surface area contributed by atoms with Crippen molar-refractivity contribution in [1.82, 2.24) is 0 Å². The fourth-order valence-corrected chi connectivity index (χ4v) is 7.14. The Hall–Kier alpha value is -3.70. The van der Waals surface area contributed by atoms with Gasteiger partial charge in [-0.1, -0.05) is 62.4 Å². The smallest absolute Gasteiger partial charge is 0.211 e. The molecule has 0 saturated carbocycles. The lowest BCUT2D eigenvalue weighted by atomic mass is 9.82. The molecule has 0 amide bonds. The largest absolute Gasteiger partial charge is 0.344 e. The fourth-order valence-electron chi connectivity index (χ4n) is 5.59. The number of likely N-dealkylation sites (N-methyl/N-ethyl adjacent to an activating group) is 1. The van der Waals surface area contributed by atoms with Crippen molar-refractivity contribution in [3.8, 4) is 0 Å². The van der Waals surface area contributed by atoms with Gasteiger partial charge in [-0.05, 0) is 70.4 Å². The first-order valence-electron chi connectivity index (χ1n) is 11.8. The maximum absolute atomic E-state index is 13.1. The monoisotopic (exact) mass is 479 g/mol. The summed E-state index contributed by atoms with van der Waals surface area (Å²) in [7, 11) is -3.82. The summed E-state index contributed by atoms with van der Waals surface area (Å²) in [6.07, 6.45) is 3.32. The van der Waals surface area contributed by atoms with Crippen LogP contribution < -0.4 is 4.90 Å². The van der Waals surface area contributed by atoms with Crippen molar-refractivity contribution >= 4 is 42.9 Å². The molecular weight excluding hydrogens is 454 g/mol. The average Bonchev–Trinajstić information content (AvgIpc) is 3.19. The molecule has 5 heteroatoms. The van der Waals surface area contributed by atoms with Gasteiger partial charge in [-0.3, -0.25) is 4.79 Å². The van der Waals surface area contributed by atoms with Gasteiger partial charge in [-0.15, -0.1) is 0 Å². The molecule has 0 radical (unpaired) electrons. The van der Waals surface area contributed by atoms with E-state index in [-0.39, 0.29) is 20.8 Å². The van der Waals surface area contributed by atoms with Crippen molar-refractivity contribution in [2.45, 2.75) is 31.1 Å². The molecule has 174 valence electrons. The number of anilines is 1. The highest BCUT2D eigenvalue weighted by atomic mass is 32.2. The van der Waals surface area contributed by atoms with Crippen molar-refractivity contribution in [2.24, 2.45) is 0 Å². The summed E-state index contributed by atoms with van der Waals surface area (Å²) in [6, 6.07) is 23.6. The molecule has 0 aliphatic carbocycles. The Morgan fingerprint density at radius 2 is 1.57 bits per heavy atom. The van der Waals surface area contributed by atoms with Crippen LogP contribution in [0.15, 0.2) is 100 Å². The number of carbonyl (C=O) groups is 1. The molecule has 0 saturated heterocycles. The topological polar surface area (TPSA) is 54.5 Å². The van der Waals surface area contributed by atoms with E-state index in [1.54, 1.807) is 18.2 Å². The molecule has 4 aromatic carbocycles. The van der Waals surface area contributed by atoms with E-state index in [1.165, 1.54) is 39.3 Å². The van der Waals surface area contributed by atoms with Gasteiger partial charge in [0.1, 0.15) is 4.91 Å². The van der Waals surface area contributed by atoms with E-state index >= 15 is 0 Å². The van der Waals surface area contributed by atoms with Gasteiger partial charge < -0.3 is 4.90 Å². The Morgan fingerprint density at radius 3 is 2.34 bits per heavy atom. The second kappa shape index (κ2) is 7.40. The van der Waals surface area contributed by atoms with Crippen LogP contribution in [0.3, 0.4) is 0 Å². The molecule has 0 bridgehead atoms. The summed E-state index contributed by atoms with van der Waals surface area (Å²) in [4.78, 5) is 15.1. The SMILES string of the molecule is CCN1/C(=C/C=C2/C(=O)c3ccccc3S2(=O)=O)C(C)(C)c2cc3ccc4ccccc4c3cc21. The molecule has 2 aliphatic rings. The molecule has 6 rings (SSSR count). The first-order valence-corrected chi connectivity index (χ1v) is 13.3. The van der Waals surface area contributed by atoms with E-state index in [0.717, 1.165) is 17.9 Å². The van der Waals surface area contributed by atoms with Gasteiger partial charge in [0.15, 0.2) is 0 Å². The van der Waals surface area contributed by atoms with Gasteiger partial charge in [-0.25, -0.2) is 8.42 Å². The van der Waals surface area contributed by atoms with Gasteiger partial charge in [0.2, 0.25) is 15.6 Å². The number of rotatable bonds is 2. The van der Waals surface area contributed by atoms with Crippen molar-refractivity contribution in [3.05, 3.63) is 107 Å². The minimum atomic E-state index is -3.82. The maximum Gasteiger partial charge on any atom is 0.211 e. The average molecular weight is 480 g/mol. The predicted octanol–water partition coefficient (Wildman–Crippen LogP) is 6.55. The number of hydrogen-bond donors (Lipinski definition) is 0. The van der Waals surface area contributed by atoms with Crippen LogP contribution in [-0.4, -0.2) is 20.7 Å². The lowest BCUT2D eigenvalue weighted by molar-refractivity contribution is 0.104. The highest BCUT2D eigenvalue weighted by Gasteiger charge is 2.41. The molecule has 0 unspecified atom stereocenters. The van der Waals surface area contributed by atoms with E-state index in [1.807, 2.05) is 12.1 Å². The molecule has 0 fully saturated rings. The van der Waals surface area contributed by atoms with Crippen molar-refractivity contribution < 1.29 is 13.2 Å². The quantitative estimate of drug-likeness (QED) is 0.242. The Kier molecular flexibility index (Phi) is 4.61. The highest BCUT2D eigenvalue weighted by Crippen LogP contribution is 2.50. The van der Waals surface area contributed by atoms with Crippen LogP contribution in [0, 0.1) is 0 Å². The molecule has 2 aliphatic heterocycles. The Morgan fingerprint density at radius 1 is 0.857 bits per heavy atom. The van der Waals surface area contributed by atoms with Crippen molar-refractivity contribution in [2.75, 3.05) is 11.4 Å². The first kappa shape index (κ1) is 21.8. The number of hydrogen-bond acceptors (Lipinski definition) is 4. The number of nitrogens with zero attached hydrogens (tertiary/aromatic N) is 1. The van der Waals surface area contributed by atoms with Crippen LogP contribution in [0.4, 0.5) is 5.69 Å². The van der Waals surface area contributed by atoms with Gasteiger partial charge >= 0.3 is 0 Å². The van der Waals surface area contributed by atoms with E-state index in [0.29, 0.717) is 0 Å². The Balaban J connectivity index is 1.53. The Labute approximate surface area is 205 Å². The number of allylic oxidation sites excluding steroid dienone is 4. The summed E-state index contributed by atoms with van der Waals surface area (Å²) in [5, 5.41) is 4.78. The van der Waals surface area contributed by atoms with Gasteiger partial charge in [-0.2, -0.15) is 0 Å². The molecule has 0 N–H and O–H groups in total. The van der Waals surface area contributed by atoms with Crippen LogP contribution in [-0.2, 0) is 15.3 Å². The van der Waals surface area contributed by atoms with E-state index in [4.69, 9.17) is 0 Å². The molecular formula is C30H25NO3S. The van der Waals surface area contributed by atoms with Crippen molar-refractivity contribution in [1.29, 1.82) is 0 Å². The van der Waals surface area contributed by atoms with Crippen molar-refractivity contribution in [3.63, 3.8) is 0 Å². The predicted molar refractivity (Wildman–Crippen MR) is 142 cm³/mol. The molecule has 0 aromatic heterocycles. The summed E-state index contributed by atoms with van der Waals surface area (Å²) < 4.78 is 26.2. The van der Waals surface area contributed by atoms with Gasteiger partial charge in [0, 0.05) is 28.9 Å². The minimum absolute atomic E-state index is 0.0918. The summed E-state index contributed by atoms with van der Waals surface area (Å²) in [5.41, 5.74) is 3.17. The number of ketones is 1. The summed E-state index contributed by atoms with van der Waals surface area (Å²) in [6.45, 7) is 7.12. The molecule has 0 spiro atoms. The standard InChI is InChI=1S/C30H25NO3S/c1-4-31-25-18-23-20(14-13-19-9-5-6-10-21(19)23)17-24(25)30(2,3)28(31)16-15-27-29(32)22-11-7-8-12-26(22)35(27,33)34/h5-18H,4H2,1-3H3/b27-15-,28-16+. The van der Waals surface area contributed by atoms with E-state index in [2.05, 4.69) is 68.1 Å². The van der Waals surface area contributed by atoms with Crippen LogP contribution in [0.2, 0.25) is 0 Å². The number of benzene rings is 4. The van der Waals surface area contributed by atoms with Crippen LogP contribution in [0.1, 0.15) is 36.7 Å². The second-order valence-electron chi connectivity index (χ2n) is 9.66. The number of fused-ring (bicyclic) bond motifs is 5. The number of carbonyl (C=O) groups excluding carboxylic acids is 1. The van der Waals surface area contributed by atoms with E-state index in [9.17, 15) is 13.2 Å². The third kappa shape index (κ3) is 2.98. The third-order valence-corrected chi connectivity index (χ3v) is 9.24. The highest BCUT2D eigenvalue weighted by molar-refractivity contribution is 7.97. The fraction of sp³-hybridized carbons (Fsp3) is 0.167. The minimum Gasteiger partial charge on any atom is -0.344 e. The zero-order valence-electron chi connectivity index (χ0n) is 19.9. The van der Waals surface area contributed by atoms with Crippen LogP contribution in [0.25, 0.3) is 21.5 Å². The van der Waals surface area contributed by atoms with Crippen LogP contribution >= 0.6 is 0 Å². The summed E-state index contributed by atoms with van der Waals surface area (Å²) >= 11 is 0. The lowest BCUT2D eigenvalue weighted by Gasteiger charge is -2.25. The zero-order chi connectivity index (χ0) is 24.5. The molecule has 0 atom stereocenters. The molecule has 2 heterocycles. The van der Waals surface area contributed by atoms with Gasteiger partial charge in [0.25, 0.3) is 0 Å².